The van der Waals surface area contributed by atoms with Crippen molar-refractivity contribution in [2.75, 3.05) is 6.54 Å². The van der Waals surface area contributed by atoms with Crippen LogP contribution in [-0.4, -0.2) is 12.6 Å². The molecular weight excluding hydrogens is 110 g/mol. The lowest BCUT2D eigenvalue weighted by atomic mass is 9.86. The first kappa shape index (κ1) is 7.07. The lowest BCUT2D eigenvalue weighted by molar-refractivity contribution is 0.291. The lowest BCUT2D eigenvalue weighted by Gasteiger charge is -2.25. The Kier molecular flexibility index (Phi) is 1.80. The van der Waals surface area contributed by atoms with Gasteiger partial charge in [0.2, 0.25) is 0 Å². The Balaban J connectivity index is 2.42. The van der Waals surface area contributed by atoms with Gasteiger partial charge in [0.1, 0.15) is 0 Å². The quantitative estimate of drug-likeness (QED) is 0.470. The molecule has 1 heterocycles. The summed E-state index contributed by atoms with van der Waals surface area (Å²) in [5.74, 6) is 0. The molecular formula is C8H16N. The van der Waals surface area contributed by atoms with Crippen LogP contribution in [0.5, 0.6) is 0 Å². The number of rotatable bonds is 0. The fourth-order valence-electron chi connectivity index (χ4n) is 1.33. The molecule has 1 nitrogen and oxygen atoms in total. The molecule has 1 unspecified atom stereocenters. The zero-order valence-corrected chi connectivity index (χ0v) is 6.65. The summed E-state index contributed by atoms with van der Waals surface area (Å²) in [6.07, 6.45) is 2.62. The fourth-order valence-corrected chi connectivity index (χ4v) is 1.33. The van der Waals surface area contributed by atoms with Crippen LogP contribution in [0.1, 0.15) is 33.6 Å². The molecule has 0 bridgehead atoms. The topological polar surface area (TPSA) is 14.1 Å². The normalized spacial score (nSPS) is 29.0. The van der Waals surface area contributed by atoms with Gasteiger partial charge in [-0.25, -0.2) is 5.32 Å². The minimum Gasteiger partial charge on any atom is -0.238 e. The highest BCUT2D eigenvalue weighted by Crippen LogP contribution is 2.26. The van der Waals surface area contributed by atoms with Crippen LogP contribution in [0.15, 0.2) is 0 Å². The van der Waals surface area contributed by atoms with Crippen LogP contribution in [0.3, 0.4) is 0 Å². The predicted octanol–water partition coefficient (Wildman–Crippen LogP) is 1.80. The van der Waals surface area contributed by atoms with Crippen molar-refractivity contribution in [3.63, 3.8) is 0 Å². The van der Waals surface area contributed by atoms with Crippen molar-refractivity contribution in [3.8, 4) is 0 Å². The molecule has 53 valence electrons. The van der Waals surface area contributed by atoms with Crippen molar-refractivity contribution in [3.05, 3.63) is 0 Å². The third-order valence-corrected chi connectivity index (χ3v) is 1.98. The molecule has 1 aliphatic heterocycles. The summed E-state index contributed by atoms with van der Waals surface area (Å²) >= 11 is 0. The molecule has 1 rings (SSSR count). The molecule has 1 fully saturated rings. The third kappa shape index (κ3) is 1.68. The molecule has 0 aliphatic carbocycles. The molecule has 1 heteroatoms. The van der Waals surface area contributed by atoms with E-state index in [1.165, 1.54) is 12.8 Å². The maximum Gasteiger partial charge on any atom is 0.0294 e. The Morgan fingerprint density at radius 3 is 2.22 bits per heavy atom. The second kappa shape index (κ2) is 2.30. The largest absolute Gasteiger partial charge is 0.238 e. The first-order chi connectivity index (χ1) is 4.11. The number of hydrogen-bond donors (Lipinski definition) is 0. The Bertz CT molecular complexity index is 85.2. The number of hydrogen-bond acceptors (Lipinski definition) is 0. The first-order valence-corrected chi connectivity index (χ1v) is 3.77. The highest BCUT2D eigenvalue weighted by atomic mass is 14.9. The maximum absolute atomic E-state index is 4.51. The summed E-state index contributed by atoms with van der Waals surface area (Å²) in [6, 6.07) is 0.637. The van der Waals surface area contributed by atoms with Gasteiger partial charge >= 0.3 is 0 Å². The standard InChI is InChI=1S/C8H16N/c1-8(2,3)7-5-4-6-9-7/h7H,4-6H2,1-3H3. The van der Waals surface area contributed by atoms with Crippen LogP contribution in [0.25, 0.3) is 0 Å². The number of nitrogens with zero attached hydrogens (tertiary/aromatic N) is 1. The van der Waals surface area contributed by atoms with Crippen molar-refractivity contribution in [2.45, 2.75) is 39.7 Å². The average molecular weight is 126 g/mol. The Labute approximate surface area is 57.8 Å². The maximum atomic E-state index is 4.51. The molecule has 0 amide bonds. The molecule has 0 aromatic carbocycles. The van der Waals surface area contributed by atoms with E-state index in [9.17, 15) is 0 Å². The van der Waals surface area contributed by atoms with Gasteiger partial charge < -0.3 is 0 Å². The predicted molar refractivity (Wildman–Crippen MR) is 39.5 cm³/mol. The van der Waals surface area contributed by atoms with E-state index < -0.39 is 0 Å². The molecule has 0 spiro atoms. The molecule has 9 heavy (non-hydrogen) atoms. The van der Waals surface area contributed by atoms with Crippen molar-refractivity contribution >= 4 is 0 Å². The Morgan fingerprint density at radius 2 is 2.00 bits per heavy atom. The van der Waals surface area contributed by atoms with Gasteiger partial charge in [0.25, 0.3) is 0 Å². The summed E-state index contributed by atoms with van der Waals surface area (Å²) in [4.78, 5) is 0. The molecule has 0 saturated carbocycles. The minimum atomic E-state index is 0.413. The van der Waals surface area contributed by atoms with E-state index >= 15 is 0 Å². The third-order valence-electron chi connectivity index (χ3n) is 1.98. The van der Waals surface area contributed by atoms with Crippen molar-refractivity contribution in [1.82, 2.24) is 5.32 Å². The lowest BCUT2D eigenvalue weighted by Crippen LogP contribution is -2.30. The second-order valence-electron chi connectivity index (χ2n) is 3.93. The van der Waals surface area contributed by atoms with Crippen LogP contribution in [0.4, 0.5) is 0 Å². The van der Waals surface area contributed by atoms with Crippen LogP contribution in [-0.2, 0) is 0 Å². The average Bonchev–Trinajstić information content (AvgIpc) is 2.08. The highest BCUT2D eigenvalue weighted by Gasteiger charge is 2.27. The monoisotopic (exact) mass is 126 g/mol. The van der Waals surface area contributed by atoms with Gasteiger partial charge in [0.15, 0.2) is 0 Å². The molecule has 1 saturated heterocycles. The van der Waals surface area contributed by atoms with E-state index in [0.717, 1.165) is 6.54 Å². The van der Waals surface area contributed by atoms with E-state index in [1.807, 2.05) is 0 Å². The zero-order valence-electron chi connectivity index (χ0n) is 6.65. The molecule has 0 aromatic rings. The minimum absolute atomic E-state index is 0.413. The molecule has 1 atom stereocenters. The Morgan fingerprint density at radius 1 is 1.33 bits per heavy atom. The smallest absolute Gasteiger partial charge is 0.0294 e. The summed E-state index contributed by atoms with van der Waals surface area (Å²) in [5, 5.41) is 4.51. The zero-order chi connectivity index (χ0) is 6.91. The van der Waals surface area contributed by atoms with Gasteiger partial charge in [0, 0.05) is 12.6 Å². The first-order valence-electron chi connectivity index (χ1n) is 3.77. The summed E-state index contributed by atoms with van der Waals surface area (Å²) in [6.45, 7) is 7.91. The molecule has 0 N–H and O–H groups in total. The Hall–Kier alpha value is -0.0400. The fraction of sp³-hybridized carbons (Fsp3) is 1.00. The van der Waals surface area contributed by atoms with Gasteiger partial charge in [-0.2, -0.15) is 0 Å². The second-order valence-corrected chi connectivity index (χ2v) is 3.93. The van der Waals surface area contributed by atoms with E-state index in [2.05, 4.69) is 26.1 Å². The molecule has 0 aromatic heterocycles. The van der Waals surface area contributed by atoms with Gasteiger partial charge in [-0.3, -0.25) is 0 Å². The van der Waals surface area contributed by atoms with Gasteiger partial charge in [-0.15, -0.1) is 0 Å². The SMILES string of the molecule is CC(C)(C)C1CCC[N]1. The van der Waals surface area contributed by atoms with Gasteiger partial charge in [-0.05, 0) is 18.3 Å². The van der Waals surface area contributed by atoms with Crippen LogP contribution >= 0.6 is 0 Å². The van der Waals surface area contributed by atoms with Gasteiger partial charge in [0.05, 0.1) is 0 Å². The van der Waals surface area contributed by atoms with E-state index in [1.54, 1.807) is 0 Å². The van der Waals surface area contributed by atoms with Crippen LogP contribution in [0.2, 0.25) is 0 Å². The molecule has 1 aliphatic rings. The highest BCUT2D eigenvalue weighted by molar-refractivity contribution is 4.84. The van der Waals surface area contributed by atoms with Crippen LogP contribution < -0.4 is 5.32 Å². The summed E-state index contributed by atoms with van der Waals surface area (Å²) < 4.78 is 0. The van der Waals surface area contributed by atoms with Crippen molar-refractivity contribution < 1.29 is 0 Å². The summed E-state index contributed by atoms with van der Waals surface area (Å²) in [5.41, 5.74) is 0.413. The van der Waals surface area contributed by atoms with E-state index in [0.29, 0.717) is 11.5 Å². The summed E-state index contributed by atoms with van der Waals surface area (Å²) in [7, 11) is 0. The van der Waals surface area contributed by atoms with Crippen LogP contribution in [0, 0.1) is 5.41 Å². The van der Waals surface area contributed by atoms with E-state index in [-0.39, 0.29) is 0 Å². The van der Waals surface area contributed by atoms with Gasteiger partial charge in [-0.1, -0.05) is 20.8 Å². The van der Waals surface area contributed by atoms with Crippen molar-refractivity contribution in [2.24, 2.45) is 5.41 Å². The molecule has 1 radical (unpaired) electrons. The van der Waals surface area contributed by atoms with E-state index in [4.69, 9.17) is 0 Å². The van der Waals surface area contributed by atoms with Crippen molar-refractivity contribution in [1.29, 1.82) is 0 Å².